The van der Waals surface area contributed by atoms with Gasteiger partial charge in [0.2, 0.25) is 0 Å². The van der Waals surface area contributed by atoms with Gasteiger partial charge in [-0.2, -0.15) is 0 Å². The third-order valence-corrected chi connectivity index (χ3v) is 1.61. The van der Waals surface area contributed by atoms with Gasteiger partial charge in [0.1, 0.15) is 5.69 Å². The zero-order chi connectivity index (χ0) is 8.97. The molecule has 0 aliphatic rings. The zero-order valence-corrected chi connectivity index (χ0v) is 7.65. The van der Waals surface area contributed by atoms with E-state index in [1.165, 1.54) is 6.20 Å². The zero-order valence-electron chi connectivity index (χ0n) is 6.14. The lowest BCUT2D eigenvalue weighted by molar-refractivity contribution is 1.27. The summed E-state index contributed by atoms with van der Waals surface area (Å²) in [6.07, 6.45) is 1.49. The molecule has 0 bridgehead atoms. The molecule has 1 heterocycles. The van der Waals surface area contributed by atoms with Gasteiger partial charge in [-0.3, -0.25) is 0 Å². The van der Waals surface area contributed by atoms with E-state index >= 15 is 0 Å². The van der Waals surface area contributed by atoms with E-state index in [-0.39, 0.29) is 0 Å². The van der Waals surface area contributed by atoms with Gasteiger partial charge in [0, 0.05) is 6.20 Å². The second-order valence-corrected chi connectivity index (χ2v) is 2.83. The SMILES string of the molecule is NCC#Cc1ncc(Cl)cc1Cl. The molecule has 0 atom stereocenters. The molecule has 0 saturated heterocycles. The third-order valence-electron chi connectivity index (χ3n) is 1.12. The van der Waals surface area contributed by atoms with Crippen LogP contribution in [0.25, 0.3) is 0 Å². The fraction of sp³-hybridized carbons (Fsp3) is 0.125. The summed E-state index contributed by atoms with van der Waals surface area (Å²) in [5.41, 5.74) is 5.69. The predicted octanol–water partition coefficient (Wildman–Crippen LogP) is 1.70. The summed E-state index contributed by atoms with van der Waals surface area (Å²) in [5.74, 6) is 5.38. The van der Waals surface area contributed by atoms with Crippen molar-refractivity contribution in [3.63, 3.8) is 0 Å². The van der Waals surface area contributed by atoms with Crippen molar-refractivity contribution in [1.82, 2.24) is 4.98 Å². The van der Waals surface area contributed by atoms with Gasteiger partial charge in [0.25, 0.3) is 0 Å². The second kappa shape index (κ2) is 4.32. The van der Waals surface area contributed by atoms with Crippen molar-refractivity contribution in [3.8, 4) is 11.8 Å². The fourth-order valence-electron chi connectivity index (χ4n) is 0.641. The lowest BCUT2D eigenvalue weighted by atomic mass is 10.3. The average Bonchev–Trinajstić information content (AvgIpc) is 2.03. The van der Waals surface area contributed by atoms with Crippen molar-refractivity contribution in [2.75, 3.05) is 6.54 Å². The first kappa shape index (κ1) is 9.34. The maximum atomic E-state index is 5.77. The Labute approximate surface area is 80.7 Å². The largest absolute Gasteiger partial charge is 0.320 e. The van der Waals surface area contributed by atoms with E-state index < -0.39 is 0 Å². The van der Waals surface area contributed by atoms with Gasteiger partial charge in [0.15, 0.2) is 0 Å². The Hall–Kier alpha value is -0.750. The topological polar surface area (TPSA) is 38.9 Å². The lowest BCUT2D eigenvalue weighted by Crippen LogP contribution is -1.93. The highest BCUT2D eigenvalue weighted by molar-refractivity contribution is 6.35. The smallest absolute Gasteiger partial charge is 0.131 e. The summed E-state index contributed by atoms with van der Waals surface area (Å²) in [7, 11) is 0. The minimum atomic E-state index is 0.292. The van der Waals surface area contributed by atoms with Crippen molar-refractivity contribution in [3.05, 3.63) is 28.0 Å². The van der Waals surface area contributed by atoms with Gasteiger partial charge in [-0.1, -0.05) is 29.1 Å². The minimum absolute atomic E-state index is 0.292. The molecule has 0 saturated carbocycles. The summed E-state index contributed by atoms with van der Waals surface area (Å²) in [6.45, 7) is 0.292. The second-order valence-electron chi connectivity index (χ2n) is 1.99. The molecule has 2 N–H and O–H groups in total. The van der Waals surface area contributed by atoms with Crippen LogP contribution in [0.4, 0.5) is 0 Å². The van der Waals surface area contributed by atoms with E-state index in [1.807, 2.05) is 0 Å². The Kier molecular flexibility index (Phi) is 3.36. The van der Waals surface area contributed by atoms with Crippen molar-refractivity contribution in [2.45, 2.75) is 0 Å². The number of hydrogen-bond acceptors (Lipinski definition) is 2. The number of nitrogens with two attached hydrogens (primary N) is 1. The molecule has 1 rings (SSSR count). The van der Waals surface area contributed by atoms with Crippen LogP contribution >= 0.6 is 23.2 Å². The molecule has 4 heteroatoms. The van der Waals surface area contributed by atoms with Crippen LogP contribution in [0.3, 0.4) is 0 Å². The first-order chi connectivity index (χ1) is 5.74. The number of halogens is 2. The minimum Gasteiger partial charge on any atom is -0.320 e. The molecule has 62 valence electrons. The maximum Gasteiger partial charge on any atom is 0.131 e. The summed E-state index contributed by atoms with van der Waals surface area (Å²) in [6, 6.07) is 1.59. The van der Waals surface area contributed by atoms with Crippen LogP contribution in [0.2, 0.25) is 10.0 Å². The molecule has 0 aromatic carbocycles. The van der Waals surface area contributed by atoms with Crippen LogP contribution in [0.1, 0.15) is 5.69 Å². The standard InChI is InChI=1S/C8H6Cl2N2/c9-6-4-7(10)8(12-5-6)2-1-3-11/h4-5H,3,11H2. The molecule has 0 aliphatic heterocycles. The van der Waals surface area contributed by atoms with Crippen LogP contribution in [0.5, 0.6) is 0 Å². The number of aromatic nitrogens is 1. The first-order valence-corrected chi connectivity index (χ1v) is 3.99. The normalized spacial score (nSPS) is 8.92. The van der Waals surface area contributed by atoms with Crippen LogP contribution in [-0.4, -0.2) is 11.5 Å². The summed E-state index contributed by atoms with van der Waals surface area (Å²) in [5, 5.41) is 0.946. The Morgan fingerprint density at radius 1 is 1.50 bits per heavy atom. The van der Waals surface area contributed by atoms with Crippen LogP contribution in [0.15, 0.2) is 12.3 Å². The van der Waals surface area contributed by atoms with E-state index in [0.29, 0.717) is 22.3 Å². The number of hydrogen-bond donors (Lipinski definition) is 1. The van der Waals surface area contributed by atoms with E-state index in [2.05, 4.69) is 16.8 Å². The number of nitrogens with zero attached hydrogens (tertiary/aromatic N) is 1. The number of rotatable bonds is 0. The van der Waals surface area contributed by atoms with Gasteiger partial charge in [-0.15, -0.1) is 0 Å². The fourth-order valence-corrected chi connectivity index (χ4v) is 1.07. The number of pyridine rings is 1. The molecule has 0 unspecified atom stereocenters. The molecule has 0 radical (unpaired) electrons. The molecule has 1 aromatic heterocycles. The van der Waals surface area contributed by atoms with E-state index in [0.717, 1.165) is 0 Å². The molecule has 1 aromatic rings. The first-order valence-electron chi connectivity index (χ1n) is 3.24. The lowest BCUT2D eigenvalue weighted by Gasteiger charge is -1.93. The highest BCUT2D eigenvalue weighted by atomic mass is 35.5. The Morgan fingerprint density at radius 3 is 2.83 bits per heavy atom. The van der Waals surface area contributed by atoms with Crippen molar-refractivity contribution >= 4 is 23.2 Å². The van der Waals surface area contributed by atoms with Crippen molar-refractivity contribution < 1.29 is 0 Å². The van der Waals surface area contributed by atoms with Gasteiger partial charge in [-0.25, -0.2) is 4.98 Å². The molecular weight excluding hydrogens is 195 g/mol. The summed E-state index contributed by atoms with van der Waals surface area (Å²) >= 11 is 11.4. The quantitative estimate of drug-likeness (QED) is 0.648. The molecule has 2 nitrogen and oxygen atoms in total. The summed E-state index contributed by atoms with van der Waals surface area (Å²) in [4.78, 5) is 3.92. The molecule has 0 amide bonds. The Balaban J connectivity index is 3.01. The highest BCUT2D eigenvalue weighted by Crippen LogP contribution is 2.17. The molecule has 0 spiro atoms. The summed E-state index contributed by atoms with van der Waals surface area (Å²) < 4.78 is 0. The van der Waals surface area contributed by atoms with Crippen LogP contribution < -0.4 is 5.73 Å². The molecular formula is C8H6Cl2N2. The van der Waals surface area contributed by atoms with Gasteiger partial charge >= 0.3 is 0 Å². The van der Waals surface area contributed by atoms with Crippen molar-refractivity contribution in [1.29, 1.82) is 0 Å². The van der Waals surface area contributed by atoms with Gasteiger partial charge in [0.05, 0.1) is 16.6 Å². The van der Waals surface area contributed by atoms with E-state index in [1.54, 1.807) is 6.07 Å². The van der Waals surface area contributed by atoms with Crippen LogP contribution in [-0.2, 0) is 0 Å². The van der Waals surface area contributed by atoms with E-state index in [4.69, 9.17) is 28.9 Å². The molecule has 0 aliphatic carbocycles. The van der Waals surface area contributed by atoms with Crippen molar-refractivity contribution in [2.24, 2.45) is 5.73 Å². The highest BCUT2D eigenvalue weighted by Gasteiger charge is 1.97. The van der Waals surface area contributed by atoms with Gasteiger partial charge < -0.3 is 5.73 Å². The third kappa shape index (κ3) is 2.38. The molecule has 0 fully saturated rings. The van der Waals surface area contributed by atoms with Crippen LogP contribution in [0, 0.1) is 11.8 Å². The van der Waals surface area contributed by atoms with E-state index in [9.17, 15) is 0 Å². The maximum absolute atomic E-state index is 5.77. The average molecular weight is 201 g/mol. The Bertz CT molecular complexity index is 339. The van der Waals surface area contributed by atoms with Gasteiger partial charge in [-0.05, 0) is 12.0 Å². The monoisotopic (exact) mass is 200 g/mol. The Morgan fingerprint density at radius 2 is 2.25 bits per heavy atom. The predicted molar refractivity (Wildman–Crippen MR) is 50.2 cm³/mol. The molecule has 12 heavy (non-hydrogen) atoms.